The van der Waals surface area contributed by atoms with Gasteiger partial charge in [0.15, 0.2) is 0 Å². The van der Waals surface area contributed by atoms with E-state index in [1.165, 1.54) is 5.56 Å². The molecule has 1 fully saturated rings. The van der Waals surface area contributed by atoms with Crippen molar-refractivity contribution in [1.82, 2.24) is 10.6 Å². The van der Waals surface area contributed by atoms with Crippen LogP contribution in [0.15, 0.2) is 24.3 Å². The number of carbonyl (C=O) groups excluding carboxylic acids is 1. The number of hydrogen-bond donors (Lipinski definition) is 2. The molecule has 2 aliphatic rings. The van der Waals surface area contributed by atoms with Gasteiger partial charge in [0.1, 0.15) is 11.4 Å². The third kappa shape index (κ3) is 3.27. The van der Waals surface area contributed by atoms with Crippen molar-refractivity contribution in [1.29, 1.82) is 0 Å². The molecule has 2 aliphatic heterocycles. The first-order valence-corrected chi connectivity index (χ1v) is 8.36. The van der Waals surface area contributed by atoms with Crippen LogP contribution in [0.2, 0.25) is 0 Å². The van der Waals surface area contributed by atoms with Crippen molar-refractivity contribution in [3.05, 3.63) is 29.8 Å². The maximum absolute atomic E-state index is 12.2. The molecule has 3 rings (SSSR count). The summed E-state index contributed by atoms with van der Waals surface area (Å²) in [7, 11) is 0. The lowest BCUT2D eigenvalue weighted by molar-refractivity contribution is -0.122. The molecular formula is C18H26N2O2. The smallest absolute Gasteiger partial charge is 0.220 e. The first-order chi connectivity index (χ1) is 10.6. The van der Waals surface area contributed by atoms with Gasteiger partial charge >= 0.3 is 0 Å². The van der Waals surface area contributed by atoms with Crippen LogP contribution < -0.4 is 15.4 Å². The normalized spacial score (nSPS) is 23.0. The van der Waals surface area contributed by atoms with Crippen LogP contribution in [0, 0.1) is 0 Å². The number of hydrogen-bond acceptors (Lipinski definition) is 3. The van der Waals surface area contributed by atoms with Crippen LogP contribution in [0.3, 0.4) is 0 Å². The minimum Gasteiger partial charge on any atom is -0.487 e. The maximum atomic E-state index is 12.2. The summed E-state index contributed by atoms with van der Waals surface area (Å²) < 4.78 is 6.38. The zero-order valence-electron chi connectivity index (χ0n) is 13.5. The number of fused-ring (bicyclic) bond motifs is 1. The van der Waals surface area contributed by atoms with E-state index in [4.69, 9.17) is 4.74 Å². The highest BCUT2D eigenvalue weighted by molar-refractivity contribution is 5.77. The van der Waals surface area contributed by atoms with Gasteiger partial charge < -0.3 is 15.4 Å². The summed E-state index contributed by atoms with van der Waals surface area (Å²) >= 11 is 0. The van der Waals surface area contributed by atoms with E-state index in [2.05, 4.69) is 16.7 Å². The van der Waals surface area contributed by atoms with Crippen LogP contribution in [0.4, 0.5) is 0 Å². The molecule has 1 aromatic rings. The molecule has 0 aliphatic carbocycles. The lowest BCUT2D eigenvalue weighted by Gasteiger charge is -2.44. The van der Waals surface area contributed by atoms with E-state index in [1.54, 1.807) is 0 Å². The average molecular weight is 302 g/mol. The Morgan fingerprint density at radius 3 is 2.82 bits per heavy atom. The van der Waals surface area contributed by atoms with Crippen LogP contribution in [-0.2, 0) is 4.79 Å². The Hall–Kier alpha value is -1.55. The van der Waals surface area contributed by atoms with Gasteiger partial charge in [0.25, 0.3) is 0 Å². The zero-order valence-corrected chi connectivity index (χ0v) is 13.5. The second kappa shape index (κ2) is 6.29. The van der Waals surface area contributed by atoms with Crippen molar-refractivity contribution < 1.29 is 9.53 Å². The van der Waals surface area contributed by atoms with Gasteiger partial charge in [-0.05, 0) is 57.8 Å². The molecule has 1 amide bonds. The van der Waals surface area contributed by atoms with Crippen molar-refractivity contribution in [3.8, 4) is 5.75 Å². The van der Waals surface area contributed by atoms with Crippen LogP contribution >= 0.6 is 0 Å². The molecule has 0 radical (unpaired) electrons. The third-order valence-corrected chi connectivity index (χ3v) is 4.70. The molecule has 2 heterocycles. The number of carbonyl (C=O) groups is 1. The number of benzene rings is 1. The molecule has 1 saturated heterocycles. The van der Waals surface area contributed by atoms with Crippen molar-refractivity contribution in [2.75, 3.05) is 13.1 Å². The van der Waals surface area contributed by atoms with Crippen LogP contribution in [0.5, 0.6) is 5.75 Å². The zero-order chi connectivity index (χ0) is 15.6. The van der Waals surface area contributed by atoms with Gasteiger partial charge in [0.2, 0.25) is 5.91 Å². The van der Waals surface area contributed by atoms with E-state index in [0.717, 1.165) is 38.1 Å². The molecule has 4 heteroatoms. The third-order valence-electron chi connectivity index (χ3n) is 4.70. The molecule has 0 bridgehead atoms. The molecule has 2 N–H and O–H groups in total. The van der Waals surface area contributed by atoms with Crippen LogP contribution in [-0.4, -0.2) is 30.6 Å². The summed E-state index contributed by atoms with van der Waals surface area (Å²) in [6.07, 6.45) is 3.53. The predicted octanol–water partition coefficient (Wildman–Crippen LogP) is 2.59. The molecule has 4 nitrogen and oxygen atoms in total. The fraction of sp³-hybridized carbons (Fsp3) is 0.611. The van der Waals surface area contributed by atoms with Gasteiger partial charge in [-0.2, -0.15) is 0 Å². The summed E-state index contributed by atoms with van der Waals surface area (Å²) in [4.78, 5) is 12.2. The number of amides is 1. The van der Waals surface area contributed by atoms with E-state index >= 15 is 0 Å². The number of rotatable bonds is 3. The van der Waals surface area contributed by atoms with Crippen LogP contribution in [0.1, 0.15) is 51.0 Å². The van der Waals surface area contributed by atoms with E-state index in [0.29, 0.717) is 6.42 Å². The first-order valence-electron chi connectivity index (χ1n) is 8.36. The highest BCUT2D eigenvalue weighted by Crippen LogP contribution is 2.45. The summed E-state index contributed by atoms with van der Waals surface area (Å²) in [6.45, 7) is 5.99. The van der Waals surface area contributed by atoms with Gasteiger partial charge in [0.05, 0.1) is 0 Å². The standard InChI is InChI=1S/C18H26N2O2/c1-13(2)20-17(21)11-14-12-18(7-9-19-10-8-18)22-16-6-4-3-5-15(14)16/h3-6,13-14,19H,7-12H2,1-2H3,(H,20,21). The number of para-hydroxylation sites is 1. The second-order valence-electron chi connectivity index (χ2n) is 6.90. The van der Waals surface area contributed by atoms with E-state index in [1.807, 2.05) is 32.0 Å². The predicted molar refractivity (Wildman–Crippen MR) is 87.2 cm³/mol. The quantitative estimate of drug-likeness (QED) is 0.902. The van der Waals surface area contributed by atoms with Gasteiger partial charge in [-0.1, -0.05) is 18.2 Å². The Morgan fingerprint density at radius 1 is 1.36 bits per heavy atom. The molecule has 120 valence electrons. The second-order valence-corrected chi connectivity index (χ2v) is 6.90. The lowest BCUT2D eigenvalue weighted by Crippen LogP contribution is -2.49. The van der Waals surface area contributed by atoms with E-state index < -0.39 is 0 Å². The SMILES string of the molecule is CC(C)NC(=O)CC1CC2(CCNCC2)Oc2ccccc21. The summed E-state index contributed by atoms with van der Waals surface area (Å²) in [6, 6.07) is 8.40. The molecule has 1 atom stereocenters. The Bertz CT molecular complexity index is 536. The van der Waals surface area contributed by atoms with Gasteiger partial charge in [0, 0.05) is 18.4 Å². The number of nitrogens with one attached hydrogen (secondary N) is 2. The fourth-order valence-electron chi connectivity index (χ4n) is 3.72. The monoisotopic (exact) mass is 302 g/mol. The Balaban J connectivity index is 1.82. The summed E-state index contributed by atoms with van der Waals surface area (Å²) in [5.74, 6) is 1.36. The minimum atomic E-state index is -0.0949. The highest BCUT2D eigenvalue weighted by atomic mass is 16.5. The van der Waals surface area contributed by atoms with Gasteiger partial charge in [-0.15, -0.1) is 0 Å². The Morgan fingerprint density at radius 2 is 2.09 bits per heavy atom. The molecule has 0 saturated carbocycles. The number of piperidine rings is 1. The van der Waals surface area contributed by atoms with Gasteiger partial charge in [-0.25, -0.2) is 0 Å². The van der Waals surface area contributed by atoms with Crippen molar-refractivity contribution in [3.63, 3.8) is 0 Å². The van der Waals surface area contributed by atoms with Crippen molar-refractivity contribution in [2.24, 2.45) is 0 Å². The fourth-order valence-corrected chi connectivity index (χ4v) is 3.72. The Labute approximate surface area is 132 Å². The molecule has 1 aromatic carbocycles. The molecule has 22 heavy (non-hydrogen) atoms. The van der Waals surface area contributed by atoms with Crippen LogP contribution in [0.25, 0.3) is 0 Å². The molecular weight excluding hydrogens is 276 g/mol. The highest BCUT2D eigenvalue weighted by Gasteiger charge is 2.42. The lowest BCUT2D eigenvalue weighted by atomic mass is 9.76. The Kier molecular flexibility index (Phi) is 4.39. The van der Waals surface area contributed by atoms with Crippen molar-refractivity contribution in [2.45, 2.75) is 57.1 Å². The average Bonchev–Trinajstić information content (AvgIpc) is 2.47. The molecule has 1 unspecified atom stereocenters. The largest absolute Gasteiger partial charge is 0.487 e. The van der Waals surface area contributed by atoms with Crippen molar-refractivity contribution >= 4 is 5.91 Å². The molecule has 1 spiro atoms. The first kappa shape index (κ1) is 15.3. The topological polar surface area (TPSA) is 50.4 Å². The molecule has 0 aromatic heterocycles. The maximum Gasteiger partial charge on any atom is 0.220 e. The van der Waals surface area contributed by atoms with E-state index in [-0.39, 0.29) is 23.5 Å². The van der Waals surface area contributed by atoms with E-state index in [9.17, 15) is 4.79 Å². The van der Waals surface area contributed by atoms with Gasteiger partial charge in [-0.3, -0.25) is 4.79 Å². The minimum absolute atomic E-state index is 0.0949. The number of ether oxygens (including phenoxy) is 1. The summed E-state index contributed by atoms with van der Waals surface area (Å²) in [5, 5.41) is 6.42. The summed E-state index contributed by atoms with van der Waals surface area (Å²) in [5.41, 5.74) is 1.09.